The van der Waals surface area contributed by atoms with Crippen molar-refractivity contribution in [2.24, 2.45) is 0 Å². The topological polar surface area (TPSA) is 90.9 Å². The van der Waals surface area contributed by atoms with Gasteiger partial charge in [0.25, 0.3) is 10.0 Å². The summed E-state index contributed by atoms with van der Waals surface area (Å²) >= 11 is 1.51. The van der Waals surface area contributed by atoms with Crippen LogP contribution in [-0.2, 0) is 21.9 Å². The van der Waals surface area contributed by atoms with Gasteiger partial charge in [-0.1, -0.05) is 60.2 Å². The minimum Gasteiger partial charge on any atom is -0.382 e. The van der Waals surface area contributed by atoms with E-state index in [-0.39, 0.29) is 10.7 Å². The number of nitrogens with zero attached hydrogens (tertiary/aromatic N) is 3. The first kappa shape index (κ1) is 19.7. The molecule has 2 aromatic heterocycles. The van der Waals surface area contributed by atoms with E-state index in [1.807, 2.05) is 48.7 Å². The summed E-state index contributed by atoms with van der Waals surface area (Å²) in [6, 6.07) is 16.7. The number of anilines is 1. The first-order chi connectivity index (χ1) is 14.9. The zero-order chi connectivity index (χ0) is 21.6. The monoisotopic (exact) mass is 448 g/mol. The van der Waals surface area contributed by atoms with Crippen LogP contribution in [0.5, 0.6) is 0 Å². The van der Waals surface area contributed by atoms with Crippen molar-refractivity contribution >= 4 is 33.3 Å². The Labute approximate surface area is 184 Å². The van der Waals surface area contributed by atoms with E-state index in [0.717, 1.165) is 20.9 Å². The van der Waals surface area contributed by atoms with Crippen molar-refractivity contribution < 1.29 is 8.42 Å². The molecule has 1 aliphatic rings. The molecule has 4 aromatic rings. The summed E-state index contributed by atoms with van der Waals surface area (Å²) in [5.41, 5.74) is 11.4. The zero-order valence-corrected chi connectivity index (χ0v) is 18.4. The number of aromatic nitrogens is 3. The minimum atomic E-state index is -3.90. The third-order valence-corrected chi connectivity index (χ3v) is 7.93. The summed E-state index contributed by atoms with van der Waals surface area (Å²) in [5.74, 6) is 0.196. The van der Waals surface area contributed by atoms with Gasteiger partial charge in [-0.15, -0.1) is 16.4 Å². The average Bonchev–Trinajstić information content (AvgIpc) is 3.43. The lowest BCUT2D eigenvalue weighted by atomic mass is 9.71. The lowest BCUT2D eigenvalue weighted by Crippen LogP contribution is -2.33. The molecule has 1 aliphatic carbocycles. The summed E-state index contributed by atoms with van der Waals surface area (Å²) in [7, 11) is -3.90. The Kier molecular flexibility index (Phi) is 4.56. The quantitative estimate of drug-likeness (QED) is 0.509. The van der Waals surface area contributed by atoms with Crippen LogP contribution < -0.4 is 5.73 Å². The Morgan fingerprint density at radius 3 is 2.52 bits per heavy atom. The molecule has 2 heterocycles. The fourth-order valence-electron chi connectivity index (χ4n) is 4.06. The van der Waals surface area contributed by atoms with Gasteiger partial charge in [-0.2, -0.15) is 12.5 Å². The van der Waals surface area contributed by atoms with E-state index in [1.54, 1.807) is 29.8 Å². The maximum atomic E-state index is 13.5. The van der Waals surface area contributed by atoms with Gasteiger partial charge in [0.1, 0.15) is 0 Å². The molecule has 31 heavy (non-hydrogen) atoms. The van der Waals surface area contributed by atoms with E-state index in [2.05, 4.69) is 16.2 Å². The van der Waals surface area contributed by atoms with Crippen molar-refractivity contribution in [3.8, 4) is 0 Å². The van der Waals surface area contributed by atoms with Gasteiger partial charge in [0.15, 0.2) is 5.82 Å². The second-order valence-electron chi connectivity index (χ2n) is 7.63. The molecule has 1 unspecified atom stereocenters. The maximum Gasteiger partial charge on any atom is 0.283 e. The number of fused-ring (bicyclic) bond motifs is 1. The normalized spacial score (nSPS) is 18.1. The number of aryl methyl sites for hydroxylation is 1. The number of nitrogens with two attached hydrogens (primary N) is 1. The number of allylic oxidation sites excluding steroid dienone is 1. The molecule has 0 amide bonds. The zero-order valence-electron chi connectivity index (χ0n) is 16.8. The van der Waals surface area contributed by atoms with Crippen LogP contribution in [0.1, 0.15) is 28.1 Å². The van der Waals surface area contributed by atoms with Gasteiger partial charge in [-0.05, 0) is 24.6 Å². The van der Waals surface area contributed by atoms with Crippen molar-refractivity contribution in [2.75, 3.05) is 5.73 Å². The SMILES string of the molecule is Cc1ccc(S(=O)(=O)n2nc(N)c3c2CC(c2ccccc2)(c2cscn2)C=C3)cc1. The number of nitrogen functional groups attached to an aromatic ring is 1. The van der Waals surface area contributed by atoms with Crippen LogP contribution in [0, 0.1) is 6.92 Å². The van der Waals surface area contributed by atoms with Crippen LogP contribution >= 0.6 is 11.3 Å². The van der Waals surface area contributed by atoms with Gasteiger partial charge in [-0.3, -0.25) is 0 Å². The van der Waals surface area contributed by atoms with Crippen molar-refractivity contribution in [1.82, 2.24) is 14.2 Å². The summed E-state index contributed by atoms with van der Waals surface area (Å²) in [4.78, 5) is 4.76. The van der Waals surface area contributed by atoms with Crippen LogP contribution in [0.4, 0.5) is 5.82 Å². The summed E-state index contributed by atoms with van der Waals surface area (Å²) in [6.07, 6.45) is 4.30. The molecule has 0 saturated heterocycles. The molecule has 2 aromatic carbocycles. The predicted molar refractivity (Wildman–Crippen MR) is 122 cm³/mol. The first-order valence-electron chi connectivity index (χ1n) is 9.75. The van der Waals surface area contributed by atoms with E-state index in [4.69, 9.17) is 5.73 Å². The van der Waals surface area contributed by atoms with Crippen LogP contribution in [0.15, 0.2) is 76.5 Å². The summed E-state index contributed by atoms with van der Waals surface area (Å²) < 4.78 is 28.0. The molecule has 0 bridgehead atoms. The molecule has 5 rings (SSSR count). The number of benzene rings is 2. The third-order valence-electron chi connectivity index (χ3n) is 5.72. The molecule has 1 atom stereocenters. The summed E-state index contributed by atoms with van der Waals surface area (Å²) in [5, 5.41) is 6.24. The van der Waals surface area contributed by atoms with Crippen molar-refractivity contribution in [3.63, 3.8) is 0 Å². The molecule has 0 spiro atoms. The highest BCUT2D eigenvalue weighted by Gasteiger charge is 2.40. The fraction of sp³-hybridized carbons (Fsp3) is 0.130. The number of hydrogen-bond donors (Lipinski definition) is 1. The van der Waals surface area contributed by atoms with Crippen molar-refractivity contribution in [1.29, 1.82) is 0 Å². The highest BCUT2D eigenvalue weighted by molar-refractivity contribution is 7.89. The van der Waals surface area contributed by atoms with E-state index in [0.29, 0.717) is 17.7 Å². The van der Waals surface area contributed by atoms with Gasteiger partial charge < -0.3 is 5.73 Å². The van der Waals surface area contributed by atoms with E-state index in [1.165, 1.54) is 11.3 Å². The van der Waals surface area contributed by atoms with Crippen molar-refractivity contribution in [3.05, 3.63) is 99.6 Å². The molecule has 156 valence electrons. The summed E-state index contributed by atoms with van der Waals surface area (Å²) in [6.45, 7) is 1.91. The lowest BCUT2D eigenvalue weighted by Gasteiger charge is -2.32. The molecule has 0 radical (unpaired) electrons. The Bertz CT molecular complexity index is 1370. The standard InChI is InChI=1S/C23H20N4O2S2/c1-16-7-9-18(10-8-16)31(28,29)27-20-13-23(21-14-30-15-25-21,17-5-3-2-4-6-17)12-11-19(20)22(24)26-27/h2-12,14-15H,13H2,1H3,(H2,24,26). The van der Waals surface area contributed by atoms with Gasteiger partial charge in [0, 0.05) is 17.4 Å². The van der Waals surface area contributed by atoms with E-state index >= 15 is 0 Å². The lowest BCUT2D eigenvalue weighted by molar-refractivity contribution is 0.561. The predicted octanol–water partition coefficient (Wildman–Crippen LogP) is 4.02. The second-order valence-corrected chi connectivity index (χ2v) is 10.1. The van der Waals surface area contributed by atoms with Gasteiger partial charge in [-0.25, -0.2) is 4.98 Å². The molecule has 0 saturated carbocycles. The molecular weight excluding hydrogens is 428 g/mol. The fourth-order valence-corrected chi connectivity index (χ4v) is 6.02. The maximum absolute atomic E-state index is 13.5. The smallest absolute Gasteiger partial charge is 0.283 e. The Morgan fingerprint density at radius 2 is 1.84 bits per heavy atom. The van der Waals surface area contributed by atoms with Crippen LogP contribution in [0.25, 0.3) is 6.08 Å². The largest absolute Gasteiger partial charge is 0.382 e. The molecule has 0 fully saturated rings. The average molecular weight is 449 g/mol. The highest BCUT2D eigenvalue weighted by atomic mass is 32.2. The Balaban J connectivity index is 1.70. The van der Waals surface area contributed by atoms with Crippen molar-refractivity contribution in [2.45, 2.75) is 23.7 Å². The van der Waals surface area contributed by atoms with Crippen LogP contribution in [0.2, 0.25) is 0 Å². The molecule has 0 aliphatic heterocycles. The van der Waals surface area contributed by atoms with E-state index in [9.17, 15) is 8.42 Å². The first-order valence-corrected chi connectivity index (χ1v) is 12.1. The molecule has 2 N–H and O–H groups in total. The highest BCUT2D eigenvalue weighted by Crippen LogP contribution is 2.43. The minimum absolute atomic E-state index is 0.178. The number of hydrogen-bond acceptors (Lipinski definition) is 6. The number of thiazole rings is 1. The van der Waals surface area contributed by atoms with E-state index < -0.39 is 15.4 Å². The Hall–Kier alpha value is -3.23. The third kappa shape index (κ3) is 3.10. The molecule has 6 nitrogen and oxygen atoms in total. The van der Waals surface area contributed by atoms with Crippen LogP contribution in [0.3, 0.4) is 0 Å². The Morgan fingerprint density at radius 1 is 1.10 bits per heavy atom. The van der Waals surface area contributed by atoms with Gasteiger partial charge in [0.2, 0.25) is 0 Å². The number of rotatable bonds is 4. The van der Waals surface area contributed by atoms with Crippen LogP contribution in [-0.4, -0.2) is 22.6 Å². The molecular formula is C23H20N4O2S2. The van der Waals surface area contributed by atoms with Gasteiger partial charge >= 0.3 is 0 Å². The molecule has 8 heteroatoms. The second kappa shape index (κ2) is 7.18. The van der Waals surface area contributed by atoms with Gasteiger partial charge in [0.05, 0.1) is 27.2 Å².